The van der Waals surface area contributed by atoms with Gasteiger partial charge in [-0.2, -0.15) is 0 Å². The van der Waals surface area contributed by atoms with Crippen LogP contribution in [-0.4, -0.2) is 14.1 Å². The molecule has 7 aromatic carbocycles. The van der Waals surface area contributed by atoms with E-state index in [2.05, 4.69) is 172 Å². The summed E-state index contributed by atoms with van der Waals surface area (Å²) in [7, 11) is 0. The molecule has 51 heavy (non-hydrogen) atoms. The Labute approximate surface area is 293 Å². The third kappa shape index (κ3) is 4.11. The molecule has 11 aromatic rings. The molecule has 0 aliphatic rings. The first-order chi connectivity index (χ1) is 25.3. The number of hydrogen-bond acceptors (Lipinski definition) is 2. The van der Waals surface area contributed by atoms with E-state index in [1.807, 2.05) is 18.3 Å². The lowest BCUT2D eigenvalue weighted by Gasteiger charge is -2.14. The lowest BCUT2D eigenvalue weighted by atomic mass is 9.92. The van der Waals surface area contributed by atoms with Gasteiger partial charge in [-0.05, 0) is 95.1 Å². The van der Waals surface area contributed by atoms with E-state index in [4.69, 9.17) is 4.42 Å². The normalized spacial score (nSPS) is 11.9. The van der Waals surface area contributed by atoms with Crippen molar-refractivity contribution in [2.24, 2.45) is 0 Å². The molecule has 0 bridgehead atoms. The Balaban J connectivity index is 1.22. The first-order valence-electron chi connectivity index (χ1n) is 17.3. The van der Waals surface area contributed by atoms with Crippen LogP contribution < -0.4 is 0 Å². The predicted molar refractivity (Wildman–Crippen MR) is 211 cm³/mol. The smallest absolute Gasteiger partial charge is 0.161 e. The molecule has 0 atom stereocenters. The summed E-state index contributed by atoms with van der Waals surface area (Å²) in [5.74, 6) is 0. The summed E-state index contributed by atoms with van der Waals surface area (Å²) in [5, 5.41) is 5.88. The number of furan rings is 1. The number of benzene rings is 7. The summed E-state index contributed by atoms with van der Waals surface area (Å²) in [6.45, 7) is 0. The second-order valence-corrected chi connectivity index (χ2v) is 13.2. The minimum absolute atomic E-state index is 0.789. The van der Waals surface area contributed by atoms with Gasteiger partial charge in [0.15, 0.2) is 11.2 Å². The van der Waals surface area contributed by atoms with Crippen LogP contribution in [0.2, 0.25) is 0 Å². The fourth-order valence-electron chi connectivity index (χ4n) is 8.15. The highest BCUT2D eigenvalue weighted by Crippen LogP contribution is 2.44. The molecule has 4 heteroatoms. The molecule has 0 fully saturated rings. The summed E-state index contributed by atoms with van der Waals surface area (Å²) in [5.41, 5.74) is 14.0. The van der Waals surface area contributed by atoms with Crippen LogP contribution in [0.3, 0.4) is 0 Å². The maximum absolute atomic E-state index is 6.54. The molecule has 4 nitrogen and oxygen atoms in total. The Morgan fingerprint density at radius 2 is 1.06 bits per heavy atom. The van der Waals surface area contributed by atoms with Gasteiger partial charge in [-0.1, -0.05) is 97.1 Å². The fourth-order valence-corrected chi connectivity index (χ4v) is 8.15. The second kappa shape index (κ2) is 10.8. The van der Waals surface area contributed by atoms with E-state index < -0.39 is 0 Å². The summed E-state index contributed by atoms with van der Waals surface area (Å²) < 4.78 is 11.3. The lowest BCUT2D eigenvalue weighted by Crippen LogP contribution is -1.95. The first-order valence-corrected chi connectivity index (χ1v) is 17.3. The zero-order valence-corrected chi connectivity index (χ0v) is 27.5. The third-order valence-corrected chi connectivity index (χ3v) is 10.4. The zero-order valence-electron chi connectivity index (χ0n) is 27.5. The second-order valence-electron chi connectivity index (χ2n) is 13.2. The maximum atomic E-state index is 6.54. The molecule has 0 N–H and O–H groups in total. The summed E-state index contributed by atoms with van der Waals surface area (Å²) in [6.07, 6.45) is 1.83. The van der Waals surface area contributed by atoms with Crippen molar-refractivity contribution in [1.29, 1.82) is 0 Å². The molecule has 0 radical (unpaired) electrons. The third-order valence-electron chi connectivity index (χ3n) is 10.4. The summed E-state index contributed by atoms with van der Waals surface area (Å²) in [6, 6.07) is 60.8. The molecule has 0 saturated heterocycles. The van der Waals surface area contributed by atoms with Crippen molar-refractivity contribution in [1.82, 2.24) is 14.1 Å². The van der Waals surface area contributed by atoms with Gasteiger partial charge in [-0.15, -0.1) is 0 Å². The molecule has 11 rings (SSSR count). The molecule has 0 saturated carbocycles. The van der Waals surface area contributed by atoms with E-state index in [9.17, 15) is 0 Å². The minimum atomic E-state index is 0.789. The van der Waals surface area contributed by atoms with Gasteiger partial charge in [0.05, 0.1) is 27.8 Å². The highest BCUT2D eigenvalue weighted by atomic mass is 16.3. The molecule has 0 aliphatic heterocycles. The zero-order chi connectivity index (χ0) is 33.5. The van der Waals surface area contributed by atoms with E-state index in [0.717, 1.165) is 44.5 Å². The predicted octanol–water partition coefficient (Wildman–Crippen LogP) is 12.5. The quantitative estimate of drug-likeness (QED) is 0.190. The number of fused-ring (bicyclic) bond motifs is 9. The lowest BCUT2D eigenvalue weighted by molar-refractivity contribution is 0.665. The maximum Gasteiger partial charge on any atom is 0.161 e. The molecule has 4 aromatic heterocycles. The van der Waals surface area contributed by atoms with Crippen LogP contribution in [0.25, 0.3) is 99.3 Å². The van der Waals surface area contributed by atoms with Gasteiger partial charge in [-0.3, -0.25) is 4.98 Å². The molecule has 238 valence electrons. The van der Waals surface area contributed by atoms with Gasteiger partial charge in [0.2, 0.25) is 0 Å². The summed E-state index contributed by atoms with van der Waals surface area (Å²) >= 11 is 0. The SMILES string of the molecule is c1ccc(-c2cc3c(cc2-c2ccc4c(c2)c2ccccc2n4-c2ccccc2)c2ccccc2n3-c2cccc3c2oc2cccnc23)cc1. The Kier molecular flexibility index (Phi) is 5.92. The summed E-state index contributed by atoms with van der Waals surface area (Å²) in [4.78, 5) is 4.67. The Morgan fingerprint density at radius 1 is 0.412 bits per heavy atom. The van der Waals surface area contributed by atoms with Crippen LogP contribution in [0.5, 0.6) is 0 Å². The highest BCUT2D eigenvalue weighted by molar-refractivity contribution is 6.15. The van der Waals surface area contributed by atoms with Crippen molar-refractivity contribution in [2.45, 2.75) is 0 Å². The average molecular weight is 652 g/mol. The largest absolute Gasteiger partial charge is 0.452 e. The van der Waals surface area contributed by atoms with E-state index >= 15 is 0 Å². The number of nitrogens with zero attached hydrogens (tertiary/aromatic N) is 3. The van der Waals surface area contributed by atoms with Crippen molar-refractivity contribution in [2.75, 3.05) is 0 Å². The van der Waals surface area contributed by atoms with Gasteiger partial charge in [-0.25, -0.2) is 0 Å². The van der Waals surface area contributed by atoms with Crippen LogP contribution in [0.1, 0.15) is 0 Å². The van der Waals surface area contributed by atoms with E-state index in [1.54, 1.807) is 0 Å². The Hall–Kier alpha value is -6.91. The molecule has 0 amide bonds. The van der Waals surface area contributed by atoms with E-state index in [-0.39, 0.29) is 0 Å². The van der Waals surface area contributed by atoms with Crippen molar-refractivity contribution in [3.8, 4) is 33.6 Å². The highest BCUT2D eigenvalue weighted by Gasteiger charge is 2.21. The minimum Gasteiger partial charge on any atom is -0.452 e. The number of aromatic nitrogens is 3. The number of para-hydroxylation sites is 4. The Morgan fingerprint density at radius 3 is 1.86 bits per heavy atom. The number of pyridine rings is 1. The van der Waals surface area contributed by atoms with Gasteiger partial charge in [0, 0.05) is 38.8 Å². The van der Waals surface area contributed by atoms with Crippen LogP contribution in [0, 0.1) is 0 Å². The molecule has 0 unspecified atom stereocenters. The van der Waals surface area contributed by atoms with Gasteiger partial charge in [0.25, 0.3) is 0 Å². The number of hydrogen-bond donors (Lipinski definition) is 0. The first kappa shape index (κ1) is 28.0. The molecule has 0 spiro atoms. The fraction of sp³-hybridized carbons (Fsp3) is 0. The van der Waals surface area contributed by atoms with Crippen molar-refractivity contribution in [3.05, 3.63) is 176 Å². The average Bonchev–Trinajstić information content (AvgIpc) is 3.85. The standard InChI is InChI=1S/C47H29N3O/c1-3-13-30(14-4-1)37-29-44-39(34-18-8-10-21-41(34)50(44)43-22-11-19-35-46-45(51-47(35)43)23-12-26-48-46)28-36(37)31-24-25-42-38(27-31)33-17-7-9-20-40(33)49(42)32-15-5-2-6-16-32/h1-29H. The van der Waals surface area contributed by atoms with Crippen LogP contribution >= 0.6 is 0 Å². The number of rotatable bonds is 4. The van der Waals surface area contributed by atoms with Gasteiger partial charge < -0.3 is 13.6 Å². The van der Waals surface area contributed by atoms with Crippen LogP contribution in [0.15, 0.2) is 180 Å². The van der Waals surface area contributed by atoms with Crippen LogP contribution in [-0.2, 0) is 0 Å². The van der Waals surface area contributed by atoms with Crippen LogP contribution in [0.4, 0.5) is 0 Å². The molecular formula is C47H29N3O. The van der Waals surface area contributed by atoms with Gasteiger partial charge >= 0.3 is 0 Å². The monoisotopic (exact) mass is 651 g/mol. The molecular weight excluding hydrogens is 623 g/mol. The van der Waals surface area contributed by atoms with E-state index in [1.165, 1.54) is 54.8 Å². The Bertz CT molecular complexity index is 3130. The topological polar surface area (TPSA) is 35.9 Å². The van der Waals surface area contributed by atoms with Crippen molar-refractivity contribution < 1.29 is 4.42 Å². The van der Waals surface area contributed by atoms with Crippen molar-refractivity contribution >= 4 is 65.7 Å². The molecule has 0 aliphatic carbocycles. The van der Waals surface area contributed by atoms with E-state index in [0.29, 0.717) is 0 Å². The van der Waals surface area contributed by atoms with Crippen molar-refractivity contribution in [3.63, 3.8) is 0 Å². The van der Waals surface area contributed by atoms with Gasteiger partial charge in [0.1, 0.15) is 5.52 Å². The molecule has 4 heterocycles.